The zero-order valence-corrected chi connectivity index (χ0v) is 11.4. The van der Waals surface area contributed by atoms with Crippen LogP contribution >= 0.6 is 11.5 Å². The van der Waals surface area contributed by atoms with Crippen molar-refractivity contribution in [2.24, 2.45) is 0 Å². The van der Waals surface area contributed by atoms with E-state index in [0.717, 1.165) is 35.7 Å². The van der Waals surface area contributed by atoms with Crippen molar-refractivity contribution in [3.05, 3.63) is 41.1 Å². The van der Waals surface area contributed by atoms with Crippen LogP contribution in [-0.2, 0) is 12.8 Å². The molecule has 1 N–H and O–H groups in total. The number of hydrogen-bond acceptors (Lipinski definition) is 4. The van der Waals surface area contributed by atoms with Crippen molar-refractivity contribution < 1.29 is 9.53 Å². The Morgan fingerprint density at radius 1 is 1.32 bits per heavy atom. The minimum Gasteiger partial charge on any atom is -0.497 e. The van der Waals surface area contributed by atoms with Crippen molar-refractivity contribution in [1.82, 2.24) is 4.37 Å². The predicted octanol–water partition coefficient (Wildman–Crippen LogP) is 2.89. The molecule has 2 aromatic rings. The number of aromatic nitrogens is 1. The molecule has 1 aliphatic rings. The van der Waals surface area contributed by atoms with Crippen molar-refractivity contribution in [1.29, 1.82) is 0 Å². The number of amides is 1. The Bertz CT molecular complexity index is 604. The highest BCUT2D eigenvalue weighted by Gasteiger charge is 2.20. The maximum atomic E-state index is 12.1. The lowest BCUT2D eigenvalue weighted by Gasteiger charge is -2.05. The van der Waals surface area contributed by atoms with Gasteiger partial charge in [-0.15, -0.1) is 0 Å². The van der Waals surface area contributed by atoms with Crippen molar-refractivity contribution in [2.75, 3.05) is 12.4 Å². The summed E-state index contributed by atoms with van der Waals surface area (Å²) in [4.78, 5) is 12.1. The molecule has 4 nitrogen and oxygen atoms in total. The van der Waals surface area contributed by atoms with Gasteiger partial charge in [-0.05, 0) is 55.1 Å². The number of carbonyl (C=O) groups excluding carboxylic acids is 1. The van der Waals surface area contributed by atoms with Crippen LogP contribution in [-0.4, -0.2) is 17.4 Å². The second-order valence-electron chi connectivity index (χ2n) is 4.47. The largest absolute Gasteiger partial charge is 0.497 e. The highest BCUT2D eigenvalue weighted by molar-refractivity contribution is 7.10. The number of rotatable bonds is 3. The molecule has 1 aromatic carbocycles. The molecule has 1 amide bonds. The third-order valence-electron chi connectivity index (χ3n) is 3.29. The second-order valence-corrected chi connectivity index (χ2v) is 5.25. The van der Waals surface area contributed by atoms with Crippen molar-refractivity contribution in [3.8, 4) is 5.75 Å². The number of ether oxygens (including phenoxy) is 1. The van der Waals surface area contributed by atoms with E-state index in [-0.39, 0.29) is 5.91 Å². The summed E-state index contributed by atoms with van der Waals surface area (Å²) >= 11 is 1.38. The Labute approximate surface area is 115 Å². The normalized spacial score (nSPS) is 13.1. The van der Waals surface area contributed by atoms with E-state index in [9.17, 15) is 4.79 Å². The number of nitrogens with one attached hydrogen (secondary N) is 1. The van der Waals surface area contributed by atoms with E-state index < -0.39 is 0 Å². The van der Waals surface area contributed by atoms with Crippen molar-refractivity contribution in [3.63, 3.8) is 0 Å². The highest BCUT2D eigenvalue weighted by Crippen LogP contribution is 2.32. The third kappa shape index (κ3) is 2.33. The molecule has 0 saturated carbocycles. The van der Waals surface area contributed by atoms with Gasteiger partial charge in [-0.1, -0.05) is 0 Å². The van der Waals surface area contributed by atoms with Gasteiger partial charge in [0.2, 0.25) is 0 Å². The molecule has 0 spiro atoms. The van der Waals surface area contributed by atoms with Gasteiger partial charge in [-0.25, -0.2) is 0 Å². The van der Waals surface area contributed by atoms with E-state index in [0.29, 0.717) is 5.56 Å². The lowest BCUT2D eigenvalue weighted by molar-refractivity contribution is 0.102. The fourth-order valence-electron chi connectivity index (χ4n) is 2.24. The summed E-state index contributed by atoms with van der Waals surface area (Å²) in [6.07, 6.45) is 3.19. The molecule has 0 fully saturated rings. The molecule has 1 aromatic heterocycles. The number of methoxy groups -OCH3 is 1. The van der Waals surface area contributed by atoms with Crippen molar-refractivity contribution >= 4 is 22.4 Å². The number of aryl methyl sites for hydroxylation is 1. The van der Waals surface area contributed by atoms with Gasteiger partial charge in [-0.2, -0.15) is 4.37 Å². The van der Waals surface area contributed by atoms with Gasteiger partial charge in [0.15, 0.2) is 0 Å². The molecule has 3 rings (SSSR count). The summed E-state index contributed by atoms with van der Waals surface area (Å²) in [7, 11) is 1.61. The van der Waals surface area contributed by atoms with Crippen LogP contribution < -0.4 is 10.1 Å². The van der Waals surface area contributed by atoms with E-state index >= 15 is 0 Å². The SMILES string of the molecule is COc1ccc(C(=O)Nc2snc3c2CCC3)cc1. The second kappa shape index (κ2) is 5.01. The van der Waals surface area contributed by atoms with E-state index in [1.807, 2.05) is 0 Å². The topological polar surface area (TPSA) is 51.2 Å². The Balaban J connectivity index is 1.76. The van der Waals surface area contributed by atoms with Crippen LogP contribution in [0.4, 0.5) is 5.00 Å². The summed E-state index contributed by atoms with van der Waals surface area (Å²) in [6, 6.07) is 7.09. The van der Waals surface area contributed by atoms with E-state index in [1.165, 1.54) is 17.1 Å². The van der Waals surface area contributed by atoms with Crippen LogP contribution in [0, 0.1) is 0 Å². The van der Waals surface area contributed by atoms with Crippen LogP contribution in [0.25, 0.3) is 0 Å². The highest BCUT2D eigenvalue weighted by atomic mass is 32.1. The molecule has 0 unspecified atom stereocenters. The Kier molecular flexibility index (Phi) is 3.21. The molecule has 0 atom stereocenters. The van der Waals surface area contributed by atoms with Gasteiger partial charge in [0.25, 0.3) is 5.91 Å². The fraction of sp³-hybridized carbons (Fsp3) is 0.286. The first-order valence-corrected chi connectivity index (χ1v) is 6.98. The number of hydrogen-bond donors (Lipinski definition) is 1. The number of fused-ring (bicyclic) bond motifs is 1. The number of nitrogens with zero attached hydrogens (tertiary/aromatic N) is 1. The molecule has 98 valence electrons. The number of carbonyl (C=O) groups is 1. The van der Waals surface area contributed by atoms with E-state index in [2.05, 4.69) is 9.69 Å². The molecule has 1 heterocycles. The van der Waals surface area contributed by atoms with Gasteiger partial charge >= 0.3 is 0 Å². The molecule has 0 bridgehead atoms. The zero-order chi connectivity index (χ0) is 13.2. The molecule has 0 aliphatic heterocycles. The molecule has 1 aliphatic carbocycles. The smallest absolute Gasteiger partial charge is 0.256 e. The lowest BCUT2D eigenvalue weighted by atomic mass is 10.2. The quantitative estimate of drug-likeness (QED) is 0.936. The number of anilines is 1. The molecular weight excluding hydrogens is 260 g/mol. The predicted molar refractivity (Wildman–Crippen MR) is 75.1 cm³/mol. The van der Waals surface area contributed by atoms with Gasteiger partial charge in [0.05, 0.1) is 12.8 Å². The minimum atomic E-state index is -0.0963. The minimum absolute atomic E-state index is 0.0963. The molecular formula is C14H14N2O2S. The van der Waals surface area contributed by atoms with Gasteiger partial charge in [0.1, 0.15) is 10.8 Å². The van der Waals surface area contributed by atoms with Gasteiger partial charge < -0.3 is 10.1 Å². The first-order chi connectivity index (χ1) is 9.28. The van der Waals surface area contributed by atoms with Crippen molar-refractivity contribution in [2.45, 2.75) is 19.3 Å². The summed E-state index contributed by atoms with van der Waals surface area (Å²) < 4.78 is 9.45. The average molecular weight is 274 g/mol. The average Bonchev–Trinajstić information content (AvgIpc) is 3.04. The summed E-state index contributed by atoms with van der Waals surface area (Å²) in [5.41, 5.74) is 2.99. The summed E-state index contributed by atoms with van der Waals surface area (Å²) in [6.45, 7) is 0. The Morgan fingerprint density at radius 2 is 2.11 bits per heavy atom. The maximum Gasteiger partial charge on any atom is 0.256 e. The van der Waals surface area contributed by atoms with Crippen LogP contribution in [0.3, 0.4) is 0 Å². The Hall–Kier alpha value is -1.88. The van der Waals surface area contributed by atoms with Crippen LogP contribution in [0.15, 0.2) is 24.3 Å². The Morgan fingerprint density at radius 3 is 2.84 bits per heavy atom. The zero-order valence-electron chi connectivity index (χ0n) is 10.6. The first-order valence-electron chi connectivity index (χ1n) is 6.21. The maximum absolute atomic E-state index is 12.1. The lowest BCUT2D eigenvalue weighted by Crippen LogP contribution is -2.11. The molecule has 5 heteroatoms. The monoisotopic (exact) mass is 274 g/mol. The van der Waals surface area contributed by atoms with E-state index in [4.69, 9.17) is 4.74 Å². The molecule has 0 radical (unpaired) electrons. The summed E-state index contributed by atoms with van der Waals surface area (Å²) in [5.74, 6) is 0.649. The number of benzene rings is 1. The molecule has 0 saturated heterocycles. The van der Waals surface area contributed by atoms with Crippen LogP contribution in [0.5, 0.6) is 5.75 Å². The first kappa shape index (κ1) is 12.2. The fourth-order valence-corrected chi connectivity index (χ4v) is 3.12. The molecule has 19 heavy (non-hydrogen) atoms. The standard InChI is InChI=1S/C14H14N2O2S/c1-18-10-7-5-9(6-8-10)13(17)15-14-11-3-2-4-12(11)16-19-14/h5-8H,2-4H2,1H3,(H,15,17). The summed E-state index contributed by atoms with van der Waals surface area (Å²) in [5, 5.41) is 3.85. The van der Waals surface area contributed by atoms with Crippen LogP contribution in [0.1, 0.15) is 28.0 Å². The van der Waals surface area contributed by atoms with Gasteiger partial charge in [0, 0.05) is 11.1 Å². The van der Waals surface area contributed by atoms with Gasteiger partial charge in [-0.3, -0.25) is 4.79 Å². The van der Waals surface area contributed by atoms with E-state index in [1.54, 1.807) is 31.4 Å². The third-order valence-corrected chi connectivity index (χ3v) is 4.13. The van der Waals surface area contributed by atoms with Crippen LogP contribution in [0.2, 0.25) is 0 Å².